The van der Waals surface area contributed by atoms with Gasteiger partial charge in [0.1, 0.15) is 17.9 Å². The van der Waals surface area contributed by atoms with E-state index in [4.69, 9.17) is 4.74 Å². The van der Waals surface area contributed by atoms with Gasteiger partial charge in [-0.1, -0.05) is 97.1 Å². The Morgan fingerprint density at radius 2 is 1.33 bits per heavy atom. The van der Waals surface area contributed by atoms with Crippen molar-refractivity contribution < 1.29 is 19.1 Å². The molecule has 7 heteroatoms. The van der Waals surface area contributed by atoms with Crippen LogP contribution in [0.3, 0.4) is 0 Å². The summed E-state index contributed by atoms with van der Waals surface area (Å²) in [5.74, 6) is -0.698. The van der Waals surface area contributed by atoms with Crippen molar-refractivity contribution in [3.8, 4) is 5.75 Å². The number of aryl methyl sites for hydroxylation is 2. The summed E-state index contributed by atoms with van der Waals surface area (Å²) in [4.78, 5) is 45.0. The molecule has 0 saturated carbocycles. The molecule has 3 heterocycles. The largest absolute Gasteiger partial charge is 0.488 e. The van der Waals surface area contributed by atoms with Crippen molar-refractivity contribution in [2.75, 3.05) is 22.9 Å². The molecule has 0 spiro atoms. The molecule has 5 aromatic rings. The van der Waals surface area contributed by atoms with Crippen LogP contribution in [-0.2, 0) is 16.2 Å². The third kappa shape index (κ3) is 6.09. The van der Waals surface area contributed by atoms with E-state index in [0.29, 0.717) is 23.6 Å². The molecule has 254 valence electrons. The topological polar surface area (TPSA) is 79.0 Å². The summed E-state index contributed by atoms with van der Waals surface area (Å²) in [6.07, 6.45) is 3.35. The van der Waals surface area contributed by atoms with Crippen molar-refractivity contribution in [1.82, 2.24) is 5.32 Å². The van der Waals surface area contributed by atoms with Gasteiger partial charge in [0.15, 0.2) is 0 Å². The summed E-state index contributed by atoms with van der Waals surface area (Å²) in [5, 5.41) is 2.45. The molecule has 1 fully saturated rings. The highest BCUT2D eigenvalue weighted by Gasteiger charge is 2.40. The van der Waals surface area contributed by atoms with Gasteiger partial charge < -0.3 is 9.64 Å². The predicted molar refractivity (Wildman–Crippen MR) is 200 cm³/mol. The zero-order valence-electron chi connectivity index (χ0n) is 28.8. The van der Waals surface area contributed by atoms with Gasteiger partial charge in [-0.3, -0.25) is 14.9 Å². The Hall–Kier alpha value is -5.95. The number of amides is 4. The Kier molecular flexibility index (Phi) is 8.48. The number of barbiturate groups is 1. The maximum Gasteiger partial charge on any atom is 0.335 e. The van der Waals surface area contributed by atoms with Crippen LogP contribution in [0.15, 0.2) is 121 Å². The highest BCUT2D eigenvalue weighted by molar-refractivity contribution is 6.39. The molecule has 3 aliphatic heterocycles. The monoisotopic (exact) mass is 673 g/mol. The minimum absolute atomic E-state index is 0.0895. The highest BCUT2D eigenvalue weighted by atomic mass is 16.5. The zero-order valence-corrected chi connectivity index (χ0v) is 28.8. The molecule has 1 N–H and O–H groups in total. The van der Waals surface area contributed by atoms with Gasteiger partial charge in [0.25, 0.3) is 11.8 Å². The predicted octanol–water partition coefficient (Wildman–Crippen LogP) is 8.43. The molecule has 7 nitrogen and oxygen atoms in total. The minimum atomic E-state index is -0.760. The van der Waals surface area contributed by atoms with Gasteiger partial charge in [-0.15, -0.1) is 0 Å². The standard InChI is InChI=1S/C44H39N3O4/c1-28-17-18-30(23-29(28)2)27-51-40-16-10-9-15-33(40)24-39-42(48)45-44(50)47(43(39)49)34-25-37-35(31-11-5-3-6-12-31)19-21-46-22-20-36(38(26-34)41(37)46)32-13-7-4-8-14-32/h3-18,23-26,35-36H,19-22,27H2,1-2H3,(H,45,48,50)/b39-24+/t35-,36-/m1/s1. The Bertz CT molecular complexity index is 2120. The fourth-order valence-electron chi connectivity index (χ4n) is 7.80. The van der Waals surface area contributed by atoms with E-state index in [0.717, 1.165) is 47.5 Å². The van der Waals surface area contributed by atoms with Crippen LogP contribution in [0.4, 0.5) is 16.2 Å². The number of benzene rings is 5. The van der Waals surface area contributed by atoms with Crippen LogP contribution in [0.25, 0.3) is 6.08 Å². The van der Waals surface area contributed by atoms with Crippen LogP contribution in [-0.4, -0.2) is 30.9 Å². The second-order valence-corrected chi connectivity index (χ2v) is 13.7. The van der Waals surface area contributed by atoms with Gasteiger partial charge >= 0.3 is 6.03 Å². The molecule has 0 aliphatic carbocycles. The zero-order chi connectivity index (χ0) is 35.1. The van der Waals surface area contributed by atoms with Gasteiger partial charge in [0, 0.05) is 36.2 Å². The number of rotatable bonds is 7. The first-order chi connectivity index (χ1) is 24.9. The van der Waals surface area contributed by atoms with Gasteiger partial charge in [0.2, 0.25) is 0 Å². The van der Waals surface area contributed by atoms with E-state index in [1.807, 2.05) is 48.5 Å². The quantitative estimate of drug-likeness (QED) is 0.139. The van der Waals surface area contributed by atoms with Crippen LogP contribution in [0.2, 0.25) is 0 Å². The summed E-state index contributed by atoms with van der Waals surface area (Å²) in [6, 6.07) is 37.5. The molecule has 0 aromatic heterocycles. The lowest BCUT2D eigenvalue weighted by Gasteiger charge is -2.44. The Labute approximate surface area is 298 Å². The van der Waals surface area contributed by atoms with Gasteiger partial charge in [-0.25, -0.2) is 9.69 Å². The number of nitrogens with zero attached hydrogens (tertiary/aromatic N) is 2. The number of imide groups is 2. The lowest BCUT2D eigenvalue weighted by atomic mass is 9.76. The van der Waals surface area contributed by atoms with Crippen molar-refractivity contribution in [2.24, 2.45) is 0 Å². The van der Waals surface area contributed by atoms with Crippen molar-refractivity contribution in [2.45, 2.75) is 45.1 Å². The van der Waals surface area contributed by atoms with Crippen LogP contribution in [0.1, 0.15) is 69.2 Å². The number of anilines is 2. The van der Waals surface area contributed by atoms with Crippen molar-refractivity contribution in [3.63, 3.8) is 0 Å². The van der Waals surface area contributed by atoms with E-state index in [1.165, 1.54) is 34.0 Å². The average molecular weight is 674 g/mol. The molecule has 4 amide bonds. The third-order valence-electron chi connectivity index (χ3n) is 10.5. The Balaban J connectivity index is 1.20. The van der Waals surface area contributed by atoms with E-state index in [1.54, 1.807) is 6.07 Å². The number of hydrogen-bond acceptors (Lipinski definition) is 5. The summed E-state index contributed by atoms with van der Waals surface area (Å²) in [5.41, 5.74) is 10.0. The molecular formula is C44H39N3O4. The Morgan fingerprint density at radius 3 is 1.96 bits per heavy atom. The second-order valence-electron chi connectivity index (χ2n) is 13.7. The normalized spacial score (nSPS) is 19.2. The minimum Gasteiger partial charge on any atom is -0.488 e. The number of hydrogen-bond donors (Lipinski definition) is 1. The number of urea groups is 1. The first kappa shape index (κ1) is 32.3. The smallest absolute Gasteiger partial charge is 0.335 e. The number of carbonyl (C=O) groups excluding carboxylic acids is 3. The maximum atomic E-state index is 14.4. The van der Waals surface area contributed by atoms with E-state index >= 15 is 0 Å². The van der Waals surface area contributed by atoms with Crippen LogP contribution < -0.4 is 19.9 Å². The molecule has 0 bridgehead atoms. The number of ether oxygens (including phenoxy) is 1. The average Bonchev–Trinajstić information content (AvgIpc) is 3.15. The fourth-order valence-corrected chi connectivity index (χ4v) is 7.80. The highest BCUT2D eigenvalue weighted by Crippen LogP contribution is 2.50. The SMILES string of the molecule is Cc1ccc(COc2ccccc2/C=C2\C(=O)NC(=O)N(c3cc4c5c(c3)[C@@H](c3ccccc3)CCN5CC[C@@H]4c3ccccc3)C2=O)cc1C. The molecular weight excluding hydrogens is 635 g/mol. The van der Waals surface area contributed by atoms with Gasteiger partial charge in [0.05, 0.1) is 5.69 Å². The summed E-state index contributed by atoms with van der Waals surface area (Å²) in [6.45, 7) is 6.31. The molecule has 0 unspecified atom stereocenters. The lowest BCUT2D eigenvalue weighted by molar-refractivity contribution is -0.122. The summed E-state index contributed by atoms with van der Waals surface area (Å²) < 4.78 is 6.21. The molecule has 8 rings (SSSR count). The summed E-state index contributed by atoms with van der Waals surface area (Å²) >= 11 is 0. The second kappa shape index (κ2) is 13.4. The fraction of sp³-hybridized carbons (Fsp3) is 0.205. The van der Waals surface area contributed by atoms with Gasteiger partial charge in [-0.2, -0.15) is 0 Å². The summed E-state index contributed by atoms with van der Waals surface area (Å²) in [7, 11) is 0. The third-order valence-corrected chi connectivity index (χ3v) is 10.5. The van der Waals surface area contributed by atoms with Crippen LogP contribution in [0.5, 0.6) is 5.75 Å². The molecule has 1 saturated heterocycles. The Morgan fingerprint density at radius 1 is 0.725 bits per heavy atom. The number of para-hydroxylation sites is 1. The van der Waals surface area contributed by atoms with Crippen LogP contribution in [0, 0.1) is 13.8 Å². The van der Waals surface area contributed by atoms with Crippen molar-refractivity contribution in [1.29, 1.82) is 0 Å². The maximum absolute atomic E-state index is 14.4. The van der Waals surface area contributed by atoms with Crippen molar-refractivity contribution >= 4 is 35.3 Å². The van der Waals surface area contributed by atoms with E-state index in [-0.39, 0.29) is 17.4 Å². The van der Waals surface area contributed by atoms with Crippen molar-refractivity contribution in [3.05, 3.63) is 165 Å². The number of carbonyl (C=O) groups is 3. The molecule has 3 aliphatic rings. The van der Waals surface area contributed by atoms with Gasteiger partial charge in [-0.05, 0) is 89.9 Å². The molecule has 5 aromatic carbocycles. The van der Waals surface area contributed by atoms with E-state index < -0.39 is 17.8 Å². The molecule has 0 radical (unpaired) electrons. The van der Waals surface area contributed by atoms with E-state index in [2.05, 4.69) is 84.7 Å². The van der Waals surface area contributed by atoms with Crippen LogP contribution >= 0.6 is 0 Å². The first-order valence-corrected chi connectivity index (χ1v) is 17.6. The number of nitrogens with one attached hydrogen (secondary N) is 1. The van der Waals surface area contributed by atoms with E-state index in [9.17, 15) is 14.4 Å². The molecule has 2 atom stereocenters. The lowest BCUT2D eigenvalue weighted by Crippen LogP contribution is -2.54. The first-order valence-electron chi connectivity index (χ1n) is 17.6. The molecule has 51 heavy (non-hydrogen) atoms.